The summed E-state index contributed by atoms with van der Waals surface area (Å²) in [5, 5.41) is 16.5. The smallest absolute Gasteiger partial charge is 0.405 e. The summed E-state index contributed by atoms with van der Waals surface area (Å²) in [5.74, 6) is -1.82. The first-order valence-corrected chi connectivity index (χ1v) is 19.2. The zero-order chi connectivity index (χ0) is 40.1. The fraction of sp³-hybridized carbons (Fsp3) is 0.243. The van der Waals surface area contributed by atoms with Crippen molar-refractivity contribution < 1.29 is 40.6 Å². The topological polar surface area (TPSA) is 149 Å². The molecule has 19 heteroatoms. The Bertz CT molecular complexity index is 2630. The van der Waals surface area contributed by atoms with Crippen molar-refractivity contribution in [3.05, 3.63) is 121 Å². The summed E-state index contributed by atoms with van der Waals surface area (Å²) in [5.41, 5.74) is -1.25. The van der Waals surface area contributed by atoms with Gasteiger partial charge in [0.05, 0.1) is 51.2 Å². The van der Waals surface area contributed by atoms with E-state index in [1.807, 2.05) is 0 Å². The number of rotatable bonds is 13. The summed E-state index contributed by atoms with van der Waals surface area (Å²) < 4.78 is 92.5. The van der Waals surface area contributed by atoms with Gasteiger partial charge in [-0.1, -0.05) is 39.7 Å². The highest BCUT2D eigenvalue weighted by atomic mass is 79.9. The number of carboxylic acid groups (broad SMARTS) is 1. The molecule has 6 aromatic rings. The van der Waals surface area contributed by atoms with Crippen LogP contribution in [0.5, 0.6) is 5.75 Å². The third-order valence-electron chi connectivity index (χ3n) is 9.52. The fourth-order valence-electron chi connectivity index (χ4n) is 7.00. The lowest BCUT2D eigenvalue weighted by Gasteiger charge is -2.27. The third-order valence-corrected chi connectivity index (χ3v) is 11.3. The van der Waals surface area contributed by atoms with Crippen LogP contribution in [0.25, 0.3) is 27.5 Å². The minimum atomic E-state index is -3.46. The standard InChI is InChI=1S/C37H30BrClF4N6O6S/c1-55-24-5-2-19(3-6-24)17-37(10-11-37)49(56(53)54)34-31-26(39)8-9-29(32(31)47(46-34)18-30(42)43)48-33(44-27-15-21(38)4-7-25(27)35(48)50)28(45-36(51)52)14-20-12-22(40)16-23(41)13-20/h2-9,12-13,15-16,28,30,45,56H,10-11,14,17-18H2,1H3,(H,51,52)/t28-/m0/s1. The number of nitrogens with one attached hydrogen (secondary N) is 1. The molecule has 292 valence electrons. The van der Waals surface area contributed by atoms with Crippen molar-refractivity contribution in [1.82, 2.24) is 24.6 Å². The number of hydrogen-bond acceptors (Lipinski definition) is 7. The molecule has 0 bridgehead atoms. The molecular formula is C37H30BrClF4N6O6S. The molecule has 0 saturated heterocycles. The number of ether oxygens (including phenoxy) is 1. The summed E-state index contributed by atoms with van der Waals surface area (Å²) in [6, 6.07) is 15.3. The van der Waals surface area contributed by atoms with Gasteiger partial charge < -0.3 is 15.2 Å². The molecule has 4 aromatic carbocycles. The normalized spacial score (nSPS) is 14.1. The van der Waals surface area contributed by atoms with Crippen LogP contribution in [0, 0.1) is 11.6 Å². The molecule has 0 spiro atoms. The molecule has 1 aliphatic rings. The molecule has 12 nitrogen and oxygen atoms in total. The Morgan fingerprint density at radius 3 is 2.36 bits per heavy atom. The lowest BCUT2D eigenvalue weighted by molar-refractivity contribution is 0.123. The van der Waals surface area contributed by atoms with E-state index in [0.717, 1.165) is 31.3 Å². The highest BCUT2D eigenvalue weighted by Gasteiger charge is 2.51. The molecule has 2 aromatic heterocycles. The summed E-state index contributed by atoms with van der Waals surface area (Å²) in [6.45, 7) is -1.06. The predicted octanol–water partition coefficient (Wildman–Crippen LogP) is 7.36. The molecule has 1 atom stereocenters. The first-order chi connectivity index (χ1) is 26.7. The monoisotopic (exact) mass is 876 g/mol. The van der Waals surface area contributed by atoms with E-state index in [9.17, 15) is 40.7 Å². The molecule has 2 N–H and O–H groups in total. The Kier molecular flexibility index (Phi) is 10.7. The van der Waals surface area contributed by atoms with Gasteiger partial charge in [0.1, 0.15) is 29.8 Å². The number of fused-ring (bicyclic) bond motifs is 2. The second-order valence-electron chi connectivity index (χ2n) is 13.2. The van der Waals surface area contributed by atoms with Crippen LogP contribution in [-0.4, -0.2) is 58.0 Å². The van der Waals surface area contributed by atoms with Crippen LogP contribution in [-0.2, 0) is 30.3 Å². The molecule has 7 rings (SSSR count). The average molecular weight is 878 g/mol. The first kappa shape index (κ1) is 39.1. The van der Waals surface area contributed by atoms with Crippen molar-refractivity contribution in [3.8, 4) is 11.4 Å². The SMILES string of the molecule is COc1ccc(CC2(N(c3nn(CC(F)F)c4c(-n5c([C@H](Cc6cc(F)cc(F)c6)NC(=O)O)nc6cc(Br)ccc6c5=O)ccc(Cl)c34)[SH](=O)=O)CC2)cc1. The van der Waals surface area contributed by atoms with E-state index < -0.39 is 65.1 Å². The number of halogens is 6. The van der Waals surface area contributed by atoms with E-state index in [1.165, 1.54) is 31.4 Å². The number of nitrogens with zero attached hydrogens (tertiary/aromatic N) is 5. The molecule has 0 unspecified atom stereocenters. The zero-order valence-electron chi connectivity index (χ0n) is 29.1. The second-order valence-corrected chi connectivity index (χ2v) is 15.4. The Morgan fingerprint density at radius 1 is 1.05 bits per heavy atom. The number of benzene rings is 4. The number of methoxy groups -OCH3 is 1. The summed E-state index contributed by atoms with van der Waals surface area (Å²) in [4.78, 5) is 31.5. The van der Waals surface area contributed by atoms with Crippen molar-refractivity contribution >= 4 is 72.1 Å². The van der Waals surface area contributed by atoms with Crippen LogP contribution >= 0.6 is 27.5 Å². The minimum absolute atomic E-state index is 0.00384. The van der Waals surface area contributed by atoms with Gasteiger partial charge in [0.15, 0.2) is 5.82 Å². The summed E-state index contributed by atoms with van der Waals surface area (Å²) in [6.07, 6.45) is -3.97. The maximum absolute atomic E-state index is 14.6. The molecule has 1 aliphatic carbocycles. The van der Waals surface area contributed by atoms with E-state index in [-0.39, 0.29) is 56.1 Å². The van der Waals surface area contributed by atoms with Crippen LogP contribution < -0.4 is 19.9 Å². The second kappa shape index (κ2) is 15.4. The third kappa shape index (κ3) is 7.64. The van der Waals surface area contributed by atoms with Crippen molar-refractivity contribution in [2.75, 3.05) is 11.4 Å². The van der Waals surface area contributed by atoms with Gasteiger partial charge in [0.2, 0.25) is 10.9 Å². The van der Waals surface area contributed by atoms with Crippen molar-refractivity contribution in [1.29, 1.82) is 0 Å². The van der Waals surface area contributed by atoms with Gasteiger partial charge in [0, 0.05) is 17.0 Å². The van der Waals surface area contributed by atoms with Crippen LogP contribution in [0.4, 0.5) is 28.2 Å². The lowest BCUT2D eigenvalue weighted by atomic mass is 10.0. The van der Waals surface area contributed by atoms with Crippen molar-refractivity contribution in [2.24, 2.45) is 0 Å². The van der Waals surface area contributed by atoms with E-state index in [4.69, 9.17) is 16.3 Å². The molecule has 1 amide bonds. The maximum Gasteiger partial charge on any atom is 0.405 e. The molecule has 0 radical (unpaired) electrons. The number of aromatic nitrogens is 4. The van der Waals surface area contributed by atoms with Gasteiger partial charge >= 0.3 is 6.09 Å². The quantitative estimate of drug-likeness (QED) is 0.0806. The molecule has 0 aliphatic heterocycles. The molecule has 1 fully saturated rings. The zero-order valence-corrected chi connectivity index (χ0v) is 32.3. The van der Waals surface area contributed by atoms with Crippen LogP contribution in [0.2, 0.25) is 5.02 Å². The Hall–Kier alpha value is -5.20. The van der Waals surface area contributed by atoms with Gasteiger partial charge in [-0.25, -0.2) is 40.1 Å². The minimum Gasteiger partial charge on any atom is -0.497 e. The number of anilines is 1. The van der Waals surface area contributed by atoms with Crippen molar-refractivity contribution in [2.45, 2.75) is 50.2 Å². The van der Waals surface area contributed by atoms with E-state index in [0.29, 0.717) is 29.1 Å². The van der Waals surface area contributed by atoms with Crippen LogP contribution in [0.15, 0.2) is 82.1 Å². The van der Waals surface area contributed by atoms with Gasteiger partial charge in [-0.2, -0.15) is 5.10 Å². The maximum atomic E-state index is 14.6. The average Bonchev–Trinajstić information content (AvgIpc) is 3.79. The molecule has 56 heavy (non-hydrogen) atoms. The number of alkyl halides is 2. The first-order valence-electron chi connectivity index (χ1n) is 16.9. The number of carbonyl (C=O) groups is 1. The van der Waals surface area contributed by atoms with Crippen molar-refractivity contribution in [3.63, 3.8) is 0 Å². The summed E-state index contributed by atoms with van der Waals surface area (Å²) in [7, 11) is -1.94. The summed E-state index contributed by atoms with van der Waals surface area (Å²) >= 11 is 10.1. The molecular weight excluding hydrogens is 848 g/mol. The predicted molar refractivity (Wildman–Crippen MR) is 205 cm³/mol. The highest BCUT2D eigenvalue weighted by Crippen LogP contribution is 2.49. The molecule has 1 saturated carbocycles. The van der Waals surface area contributed by atoms with E-state index >= 15 is 0 Å². The van der Waals surface area contributed by atoms with E-state index in [1.54, 1.807) is 30.3 Å². The number of thiol groups is 1. The Labute approximate surface area is 330 Å². The van der Waals surface area contributed by atoms with Gasteiger partial charge in [0.25, 0.3) is 12.0 Å². The largest absolute Gasteiger partial charge is 0.497 e. The van der Waals surface area contributed by atoms with Crippen LogP contribution in [0.1, 0.15) is 35.8 Å². The Morgan fingerprint density at radius 2 is 1.75 bits per heavy atom. The lowest BCUT2D eigenvalue weighted by Crippen LogP contribution is -2.38. The van der Waals surface area contributed by atoms with Crippen LogP contribution in [0.3, 0.4) is 0 Å². The van der Waals surface area contributed by atoms with Gasteiger partial charge in [-0.15, -0.1) is 0 Å². The molecule has 2 heterocycles. The number of hydrogen-bond donors (Lipinski definition) is 3. The van der Waals surface area contributed by atoms with Gasteiger partial charge in [-0.05, 0) is 85.0 Å². The number of amides is 1. The fourth-order valence-corrected chi connectivity index (χ4v) is 8.50. The Balaban J connectivity index is 1.50. The highest BCUT2D eigenvalue weighted by molar-refractivity contribution is 9.10. The van der Waals surface area contributed by atoms with E-state index in [2.05, 4.69) is 31.3 Å². The van der Waals surface area contributed by atoms with Gasteiger partial charge in [-0.3, -0.25) is 14.0 Å².